The van der Waals surface area contributed by atoms with E-state index in [1.54, 1.807) is 0 Å². The molecule has 11 heavy (non-hydrogen) atoms. The van der Waals surface area contributed by atoms with Gasteiger partial charge in [-0.15, -0.1) is 0 Å². The van der Waals surface area contributed by atoms with E-state index < -0.39 is 0 Å². The van der Waals surface area contributed by atoms with Crippen molar-refractivity contribution < 1.29 is 4.74 Å². The van der Waals surface area contributed by atoms with Crippen LogP contribution in [0.15, 0.2) is 0 Å². The first kappa shape index (κ1) is 10.9. The fourth-order valence-electron chi connectivity index (χ4n) is 1.02. The molecule has 0 amide bonds. The highest BCUT2D eigenvalue weighted by Crippen LogP contribution is 2.13. The normalized spacial score (nSPS) is 12.0. The lowest BCUT2D eigenvalue weighted by molar-refractivity contribution is 0.0635. The highest BCUT2D eigenvalue weighted by Gasteiger charge is 2.16. The van der Waals surface area contributed by atoms with Crippen molar-refractivity contribution in [3.05, 3.63) is 0 Å². The summed E-state index contributed by atoms with van der Waals surface area (Å²) in [5, 5.41) is 3.15. The molecule has 0 unspecified atom stereocenters. The Hall–Kier alpha value is -0.0800. The van der Waals surface area contributed by atoms with Crippen LogP contribution in [0.5, 0.6) is 0 Å². The van der Waals surface area contributed by atoms with E-state index in [0.717, 1.165) is 26.2 Å². The highest BCUT2D eigenvalue weighted by atomic mass is 16.5. The van der Waals surface area contributed by atoms with Crippen molar-refractivity contribution in [3.8, 4) is 0 Å². The summed E-state index contributed by atoms with van der Waals surface area (Å²) in [5.41, 5.74) is 0.268. The van der Waals surface area contributed by atoms with Gasteiger partial charge in [0.15, 0.2) is 0 Å². The molecule has 0 aliphatic rings. The van der Waals surface area contributed by atoms with Gasteiger partial charge in [0.05, 0.1) is 6.61 Å². The molecule has 0 saturated heterocycles. The smallest absolute Gasteiger partial charge is 0.0529 e. The van der Waals surface area contributed by atoms with E-state index in [9.17, 15) is 0 Å². The SMILES string of the molecule is CCCOCC(C)(C)CNC. The maximum atomic E-state index is 5.46. The minimum atomic E-state index is 0.268. The minimum Gasteiger partial charge on any atom is -0.381 e. The van der Waals surface area contributed by atoms with Gasteiger partial charge in [0, 0.05) is 18.6 Å². The Morgan fingerprint density at radius 1 is 1.36 bits per heavy atom. The van der Waals surface area contributed by atoms with Crippen molar-refractivity contribution in [2.45, 2.75) is 27.2 Å². The number of ether oxygens (including phenoxy) is 1. The van der Waals surface area contributed by atoms with Crippen molar-refractivity contribution in [3.63, 3.8) is 0 Å². The Morgan fingerprint density at radius 2 is 2.00 bits per heavy atom. The van der Waals surface area contributed by atoms with E-state index in [4.69, 9.17) is 4.74 Å². The molecule has 0 aliphatic heterocycles. The lowest BCUT2D eigenvalue weighted by Gasteiger charge is -2.23. The molecule has 0 radical (unpaired) electrons. The standard InChI is InChI=1S/C9H21NO/c1-5-6-11-8-9(2,3)7-10-4/h10H,5-8H2,1-4H3. The van der Waals surface area contributed by atoms with E-state index >= 15 is 0 Å². The van der Waals surface area contributed by atoms with Crippen molar-refractivity contribution in [2.75, 3.05) is 26.8 Å². The Bertz CT molecular complexity index is 91.6. The molecule has 0 aromatic heterocycles. The van der Waals surface area contributed by atoms with Crippen LogP contribution in [0.1, 0.15) is 27.2 Å². The predicted molar refractivity (Wildman–Crippen MR) is 48.8 cm³/mol. The third-order valence-electron chi connectivity index (χ3n) is 1.50. The third-order valence-corrected chi connectivity index (χ3v) is 1.50. The molecule has 68 valence electrons. The molecule has 0 bridgehead atoms. The molecule has 0 fully saturated rings. The van der Waals surface area contributed by atoms with Crippen LogP contribution in [0.4, 0.5) is 0 Å². The van der Waals surface area contributed by atoms with Crippen LogP contribution in [0, 0.1) is 5.41 Å². The summed E-state index contributed by atoms with van der Waals surface area (Å²) < 4.78 is 5.46. The molecular formula is C9H21NO. The molecule has 0 heterocycles. The zero-order chi connectivity index (χ0) is 8.74. The monoisotopic (exact) mass is 159 g/mol. The molecule has 0 aromatic rings. The number of nitrogens with one attached hydrogen (secondary N) is 1. The Labute approximate surface area is 70.3 Å². The lowest BCUT2D eigenvalue weighted by atomic mass is 9.95. The highest BCUT2D eigenvalue weighted by molar-refractivity contribution is 4.69. The largest absolute Gasteiger partial charge is 0.381 e. The van der Waals surface area contributed by atoms with Crippen LogP contribution in [0.2, 0.25) is 0 Å². The van der Waals surface area contributed by atoms with E-state index in [2.05, 4.69) is 26.1 Å². The molecule has 2 heteroatoms. The average molecular weight is 159 g/mol. The second kappa shape index (κ2) is 5.56. The summed E-state index contributed by atoms with van der Waals surface area (Å²) >= 11 is 0. The van der Waals surface area contributed by atoms with Gasteiger partial charge in [-0.2, -0.15) is 0 Å². The summed E-state index contributed by atoms with van der Waals surface area (Å²) in [6.45, 7) is 9.29. The lowest BCUT2D eigenvalue weighted by Crippen LogP contribution is -2.31. The fraction of sp³-hybridized carbons (Fsp3) is 1.00. The van der Waals surface area contributed by atoms with Crippen molar-refractivity contribution in [2.24, 2.45) is 5.41 Å². The Morgan fingerprint density at radius 3 is 2.45 bits per heavy atom. The van der Waals surface area contributed by atoms with Crippen molar-refractivity contribution in [1.29, 1.82) is 0 Å². The average Bonchev–Trinajstić information content (AvgIpc) is 1.87. The molecule has 0 aromatic carbocycles. The molecule has 0 aliphatic carbocycles. The minimum absolute atomic E-state index is 0.268. The molecular weight excluding hydrogens is 138 g/mol. The first-order chi connectivity index (χ1) is 5.12. The molecule has 0 rings (SSSR count). The van der Waals surface area contributed by atoms with Gasteiger partial charge in [0.2, 0.25) is 0 Å². The van der Waals surface area contributed by atoms with Gasteiger partial charge in [-0.3, -0.25) is 0 Å². The summed E-state index contributed by atoms with van der Waals surface area (Å²) in [5.74, 6) is 0. The van der Waals surface area contributed by atoms with Crippen LogP contribution < -0.4 is 5.32 Å². The maximum Gasteiger partial charge on any atom is 0.0529 e. The number of rotatable bonds is 6. The topological polar surface area (TPSA) is 21.3 Å². The third kappa shape index (κ3) is 6.32. The van der Waals surface area contributed by atoms with Crippen LogP contribution in [0.3, 0.4) is 0 Å². The van der Waals surface area contributed by atoms with Crippen LogP contribution in [-0.4, -0.2) is 26.8 Å². The maximum absolute atomic E-state index is 5.46. The summed E-state index contributed by atoms with van der Waals surface area (Å²) in [4.78, 5) is 0. The summed E-state index contributed by atoms with van der Waals surface area (Å²) in [6, 6.07) is 0. The first-order valence-corrected chi connectivity index (χ1v) is 4.35. The number of hydrogen-bond acceptors (Lipinski definition) is 2. The van der Waals surface area contributed by atoms with Gasteiger partial charge in [0.1, 0.15) is 0 Å². The van der Waals surface area contributed by atoms with Crippen molar-refractivity contribution in [1.82, 2.24) is 5.32 Å². The van der Waals surface area contributed by atoms with Gasteiger partial charge >= 0.3 is 0 Å². The predicted octanol–water partition coefficient (Wildman–Crippen LogP) is 1.66. The zero-order valence-corrected chi connectivity index (χ0v) is 8.24. The second-order valence-electron chi connectivity index (χ2n) is 3.75. The fourth-order valence-corrected chi connectivity index (χ4v) is 1.02. The van der Waals surface area contributed by atoms with E-state index in [1.807, 2.05) is 7.05 Å². The van der Waals surface area contributed by atoms with Crippen LogP contribution in [0.25, 0.3) is 0 Å². The molecule has 0 spiro atoms. The Kier molecular flexibility index (Phi) is 5.51. The van der Waals surface area contributed by atoms with E-state index in [1.165, 1.54) is 0 Å². The van der Waals surface area contributed by atoms with Gasteiger partial charge in [-0.25, -0.2) is 0 Å². The van der Waals surface area contributed by atoms with Gasteiger partial charge in [0.25, 0.3) is 0 Å². The number of hydrogen-bond donors (Lipinski definition) is 1. The van der Waals surface area contributed by atoms with Crippen LogP contribution in [-0.2, 0) is 4.74 Å². The quantitative estimate of drug-likeness (QED) is 0.595. The van der Waals surface area contributed by atoms with E-state index in [-0.39, 0.29) is 5.41 Å². The van der Waals surface area contributed by atoms with Gasteiger partial charge < -0.3 is 10.1 Å². The molecule has 2 nitrogen and oxygen atoms in total. The molecule has 0 saturated carbocycles. The zero-order valence-electron chi connectivity index (χ0n) is 8.24. The van der Waals surface area contributed by atoms with Gasteiger partial charge in [-0.05, 0) is 13.5 Å². The van der Waals surface area contributed by atoms with Crippen LogP contribution >= 0.6 is 0 Å². The van der Waals surface area contributed by atoms with Crippen molar-refractivity contribution >= 4 is 0 Å². The van der Waals surface area contributed by atoms with Gasteiger partial charge in [-0.1, -0.05) is 20.8 Å². The first-order valence-electron chi connectivity index (χ1n) is 4.35. The molecule has 1 N–H and O–H groups in total. The summed E-state index contributed by atoms with van der Waals surface area (Å²) in [6.07, 6.45) is 1.11. The van der Waals surface area contributed by atoms with E-state index in [0.29, 0.717) is 0 Å². The summed E-state index contributed by atoms with van der Waals surface area (Å²) in [7, 11) is 1.97. The Balaban J connectivity index is 3.38. The molecule has 0 atom stereocenters. The second-order valence-corrected chi connectivity index (χ2v) is 3.75.